The van der Waals surface area contributed by atoms with Gasteiger partial charge in [-0.3, -0.25) is 0 Å². The average Bonchev–Trinajstić information content (AvgIpc) is 3.44. The third-order valence-corrected chi connectivity index (χ3v) is 26.8. The second-order valence-corrected chi connectivity index (χ2v) is 28.7. The van der Waals surface area contributed by atoms with Crippen LogP contribution in [0.3, 0.4) is 0 Å². The van der Waals surface area contributed by atoms with Crippen molar-refractivity contribution >= 4 is 89.1 Å². The maximum atomic E-state index is 2.57. The van der Waals surface area contributed by atoms with Crippen LogP contribution in [0.4, 0.5) is 0 Å². The van der Waals surface area contributed by atoms with E-state index < -0.39 is 24.2 Å². The molecular weight excluding hydrogens is 877 g/mol. The number of hydrogen-bond acceptors (Lipinski definition) is 0. The van der Waals surface area contributed by atoms with Crippen molar-refractivity contribution in [2.75, 3.05) is 0 Å². The zero-order valence-corrected chi connectivity index (χ0v) is 41.7. The zero-order chi connectivity index (χ0) is 46.6. The summed E-state index contributed by atoms with van der Waals surface area (Å²) < 4.78 is 0. The number of hydrogen-bond donors (Lipinski definition) is 0. The molecule has 0 amide bonds. The molecule has 10 aromatic rings. The summed E-state index contributed by atoms with van der Waals surface area (Å²) in [4.78, 5) is 0. The highest BCUT2D eigenvalue weighted by molar-refractivity contribution is 7.16. The van der Waals surface area contributed by atoms with E-state index in [1.807, 2.05) is 0 Å². The Morgan fingerprint density at radius 2 is 0.304 bits per heavy atom. The van der Waals surface area contributed by atoms with Gasteiger partial charge in [0.2, 0.25) is 0 Å². The summed E-state index contributed by atoms with van der Waals surface area (Å²) in [5.74, 6) is 0. The molecule has 0 unspecified atom stereocenters. The summed E-state index contributed by atoms with van der Waals surface area (Å²) in [5, 5.41) is 12.2. The Labute approximate surface area is 411 Å². The third kappa shape index (κ3) is 9.24. The summed E-state index contributed by atoms with van der Waals surface area (Å²) in [6, 6.07) is 108. The van der Waals surface area contributed by atoms with E-state index in [-0.39, 0.29) is 0 Å². The molecule has 0 spiro atoms. The van der Waals surface area contributed by atoms with Crippen molar-refractivity contribution < 1.29 is 0 Å². The van der Waals surface area contributed by atoms with Gasteiger partial charge in [0.15, 0.2) is 24.2 Å². The van der Waals surface area contributed by atoms with Crippen molar-refractivity contribution in [1.82, 2.24) is 0 Å². The first-order valence-corrected chi connectivity index (χ1v) is 30.1. The SMILES string of the molecule is C(=C[Si](c1ccccc1)(c1ccccc1)c1ccccc1)c1cc(C=C[Si](c2ccccc2)(c2ccccc2)c2ccccc2)cc(C=C[Si](c2ccccc2)(c2ccccc2)c2ccccc2)c1. The molecule has 0 aromatic heterocycles. The van der Waals surface area contributed by atoms with Crippen molar-refractivity contribution in [2.24, 2.45) is 0 Å². The van der Waals surface area contributed by atoms with Crippen LogP contribution in [0.5, 0.6) is 0 Å². The first-order chi connectivity index (χ1) is 34.2. The van der Waals surface area contributed by atoms with Crippen LogP contribution in [0.15, 0.2) is 308 Å². The van der Waals surface area contributed by atoms with Crippen molar-refractivity contribution in [1.29, 1.82) is 0 Å². The first kappa shape index (κ1) is 44.9. The molecule has 0 aliphatic heterocycles. The molecule has 0 fully saturated rings. The van der Waals surface area contributed by atoms with Crippen LogP contribution in [-0.2, 0) is 0 Å². The minimum atomic E-state index is -2.71. The quantitative estimate of drug-likeness (QED) is 0.0710. The normalized spacial score (nSPS) is 12.2. The van der Waals surface area contributed by atoms with Crippen molar-refractivity contribution in [3.63, 3.8) is 0 Å². The summed E-state index contributed by atoms with van der Waals surface area (Å²) in [7, 11) is -8.12. The van der Waals surface area contributed by atoms with E-state index in [1.165, 1.54) is 46.7 Å². The molecule has 0 heterocycles. The maximum Gasteiger partial charge on any atom is 0.172 e. The molecule has 0 aliphatic rings. The Bertz CT molecular complexity index is 2610. The zero-order valence-electron chi connectivity index (χ0n) is 38.7. The minimum Gasteiger partial charge on any atom is -0.0812 e. The van der Waals surface area contributed by atoms with E-state index in [9.17, 15) is 0 Å². The molecule has 0 radical (unpaired) electrons. The minimum absolute atomic E-state index is 1.16. The van der Waals surface area contributed by atoms with E-state index in [4.69, 9.17) is 0 Å². The number of benzene rings is 10. The molecule has 3 heteroatoms. The first-order valence-electron chi connectivity index (χ1n) is 23.9. The van der Waals surface area contributed by atoms with Crippen molar-refractivity contribution in [2.45, 2.75) is 0 Å². The monoisotopic (exact) mass is 930 g/mol. The fraction of sp³-hybridized carbons (Fsp3) is 0. The fourth-order valence-electron chi connectivity index (χ4n) is 10.3. The van der Waals surface area contributed by atoms with Gasteiger partial charge in [-0.2, -0.15) is 0 Å². The van der Waals surface area contributed by atoms with Crippen LogP contribution in [0.25, 0.3) is 18.2 Å². The fourth-order valence-corrected chi connectivity index (χ4v) is 22.9. The lowest BCUT2D eigenvalue weighted by Crippen LogP contribution is -2.66. The van der Waals surface area contributed by atoms with Gasteiger partial charge in [-0.1, -0.05) is 308 Å². The Hall–Kier alpha value is -7.93. The van der Waals surface area contributed by atoms with Gasteiger partial charge in [0.25, 0.3) is 0 Å². The van der Waals surface area contributed by atoms with Crippen LogP contribution in [0, 0.1) is 0 Å². The Kier molecular flexibility index (Phi) is 13.6. The molecule has 0 N–H and O–H groups in total. The molecule has 10 rings (SSSR count). The summed E-state index contributed by atoms with van der Waals surface area (Å²) in [6.07, 6.45) is 7.25. The smallest absolute Gasteiger partial charge is 0.0812 e. The molecule has 0 bridgehead atoms. The molecule has 0 saturated carbocycles. The topological polar surface area (TPSA) is 0 Å². The highest BCUT2D eigenvalue weighted by Gasteiger charge is 2.39. The predicted octanol–water partition coefficient (Wildman–Crippen LogP) is 9.85. The van der Waals surface area contributed by atoms with E-state index >= 15 is 0 Å². The number of rotatable bonds is 15. The molecule has 10 aromatic carbocycles. The van der Waals surface area contributed by atoms with Crippen LogP contribution < -0.4 is 46.7 Å². The lowest BCUT2D eigenvalue weighted by atomic mass is 10.1. The summed E-state index contributed by atoms with van der Waals surface area (Å²) in [6.45, 7) is 0. The highest BCUT2D eigenvalue weighted by atomic mass is 28.3. The molecule has 0 atom stereocenters. The lowest BCUT2D eigenvalue weighted by molar-refractivity contribution is 1.58. The van der Waals surface area contributed by atoms with Gasteiger partial charge in [-0.05, 0) is 81.6 Å². The van der Waals surface area contributed by atoms with E-state index in [0.717, 1.165) is 16.7 Å². The van der Waals surface area contributed by atoms with Crippen LogP contribution >= 0.6 is 0 Å². The molecule has 0 aliphatic carbocycles. The van der Waals surface area contributed by atoms with Crippen LogP contribution in [0.2, 0.25) is 0 Å². The van der Waals surface area contributed by atoms with E-state index in [2.05, 4.69) is 327 Å². The standard InChI is InChI=1S/C66H54Si3/c1-10-28-58(29-11-1)67(59-30-12-2-13-31-59,60-32-14-3-15-33-60)49-46-55-52-56(47-50-68(61-34-16-4-17-35-61,62-36-18-5-19-37-62)63-38-20-6-21-39-63)54-57(53-55)48-51-69(64-40-22-7-23-41-64,65-42-24-8-25-43-65)66-44-26-9-27-45-66/h1-54H. The molecule has 0 saturated heterocycles. The van der Waals surface area contributed by atoms with E-state index in [0.29, 0.717) is 0 Å². The Morgan fingerprint density at radius 3 is 0.435 bits per heavy atom. The second-order valence-electron chi connectivity index (χ2n) is 17.7. The van der Waals surface area contributed by atoms with Gasteiger partial charge in [0.1, 0.15) is 0 Å². The van der Waals surface area contributed by atoms with Gasteiger partial charge in [0, 0.05) is 0 Å². The average molecular weight is 931 g/mol. The molecule has 0 nitrogen and oxygen atoms in total. The lowest BCUT2D eigenvalue weighted by Gasteiger charge is -2.31. The highest BCUT2D eigenvalue weighted by Crippen LogP contribution is 2.21. The van der Waals surface area contributed by atoms with Gasteiger partial charge in [-0.15, -0.1) is 0 Å². The van der Waals surface area contributed by atoms with Gasteiger partial charge < -0.3 is 0 Å². The predicted molar refractivity (Wildman–Crippen MR) is 305 cm³/mol. The Morgan fingerprint density at radius 1 is 0.174 bits per heavy atom. The molecule has 330 valence electrons. The van der Waals surface area contributed by atoms with Gasteiger partial charge in [0.05, 0.1) is 0 Å². The van der Waals surface area contributed by atoms with Crippen LogP contribution in [0.1, 0.15) is 16.7 Å². The summed E-state index contributed by atoms with van der Waals surface area (Å²) >= 11 is 0. The molecule has 69 heavy (non-hydrogen) atoms. The van der Waals surface area contributed by atoms with Crippen LogP contribution in [-0.4, -0.2) is 24.2 Å². The summed E-state index contributed by atoms with van der Waals surface area (Å²) in [5.41, 5.74) is 11.2. The second kappa shape index (κ2) is 20.9. The van der Waals surface area contributed by atoms with E-state index in [1.54, 1.807) is 0 Å². The maximum absolute atomic E-state index is 2.71. The third-order valence-electron chi connectivity index (χ3n) is 13.6. The largest absolute Gasteiger partial charge is 0.172 e. The van der Waals surface area contributed by atoms with Gasteiger partial charge in [-0.25, -0.2) is 0 Å². The molecular formula is C66H54Si3. The van der Waals surface area contributed by atoms with Gasteiger partial charge >= 0.3 is 0 Å². The Balaban J connectivity index is 1.21. The van der Waals surface area contributed by atoms with Crippen molar-refractivity contribution in [3.05, 3.63) is 325 Å². The van der Waals surface area contributed by atoms with Crippen molar-refractivity contribution in [3.8, 4) is 0 Å².